The van der Waals surface area contributed by atoms with Gasteiger partial charge in [-0.3, -0.25) is 14.5 Å². The smallest absolute Gasteiger partial charge is 0.254 e. The number of halogens is 1. The Balaban J connectivity index is 1.45. The molecule has 8 heteroatoms. The number of para-hydroxylation sites is 2. The Labute approximate surface area is 235 Å². The lowest BCUT2D eigenvalue weighted by molar-refractivity contribution is -0.119. The summed E-state index contributed by atoms with van der Waals surface area (Å²) in [6.45, 7) is -0.0339. The van der Waals surface area contributed by atoms with Crippen molar-refractivity contribution in [3.05, 3.63) is 106 Å². The molecule has 1 fully saturated rings. The van der Waals surface area contributed by atoms with E-state index < -0.39 is 6.04 Å². The van der Waals surface area contributed by atoms with Gasteiger partial charge in [0.25, 0.3) is 5.91 Å². The molecule has 6 rings (SSSR count). The molecule has 1 aliphatic heterocycles. The molecule has 1 aliphatic carbocycles. The molecule has 2 amide bonds. The number of amides is 2. The molecule has 0 bridgehead atoms. The predicted molar refractivity (Wildman–Crippen MR) is 153 cm³/mol. The van der Waals surface area contributed by atoms with Crippen LogP contribution in [0.2, 0.25) is 0 Å². The van der Waals surface area contributed by atoms with Crippen LogP contribution in [0.3, 0.4) is 0 Å². The van der Waals surface area contributed by atoms with Gasteiger partial charge < -0.3 is 18.9 Å². The number of anilines is 1. The molecule has 1 saturated carbocycles. The lowest BCUT2D eigenvalue weighted by Gasteiger charge is -2.40. The van der Waals surface area contributed by atoms with E-state index in [4.69, 9.17) is 9.47 Å². The molecule has 198 valence electrons. The van der Waals surface area contributed by atoms with Crippen LogP contribution in [0.4, 0.5) is 5.69 Å². The van der Waals surface area contributed by atoms with Crippen molar-refractivity contribution in [1.29, 1.82) is 0 Å². The summed E-state index contributed by atoms with van der Waals surface area (Å²) in [5.74, 6) is 1.01. The molecule has 2 heterocycles. The normalized spacial score (nSPS) is 15.8. The van der Waals surface area contributed by atoms with Gasteiger partial charge in [0.15, 0.2) is 0 Å². The molecule has 0 N–H and O–H groups in total. The average molecular weight is 586 g/mol. The number of hydrogen-bond donors (Lipinski definition) is 0. The SMILES string of the molecule is COc1ccc(OC)c(C2c3cccn3-c3ccccc3N2C(=O)CN(C(=O)c2cccc(Br)c2)C2CC2)c1. The molecule has 1 aromatic heterocycles. The van der Waals surface area contributed by atoms with E-state index in [1.165, 1.54) is 0 Å². The van der Waals surface area contributed by atoms with E-state index in [0.717, 1.165) is 39.9 Å². The summed E-state index contributed by atoms with van der Waals surface area (Å²) in [6.07, 6.45) is 3.78. The Kier molecular flexibility index (Phi) is 6.64. The van der Waals surface area contributed by atoms with E-state index in [-0.39, 0.29) is 24.4 Å². The van der Waals surface area contributed by atoms with E-state index >= 15 is 0 Å². The highest BCUT2D eigenvalue weighted by atomic mass is 79.9. The van der Waals surface area contributed by atoms with Gasteiger partial charge in [0, 0.05) is 27.8 Å². The first-order valence-corrected chi connectivity index (χ1v) is 13.7. The molecule has 0 spiro atoms. The zero-order valence-corrected chi connectivity index (χ0v) is 23.3. The number of carbonyl (C=O) groups is 2. The van der Waals surface area contributed by atoms with E-state index in [0.29, 0.717) is 17.1 Å². The topological polar surface area (TPSA) is 64.0 Å². The Morgan fingerprint density at radius 1 is 0.923 bits per heavy atom. The predicted octanol–water partition coefficient (Wildman–Crippen LogP) is 6.00. The number of fused-ring (bicyclic) bond motifs is 3. The van der Waals surface area contributed by atoms with Crippen LogP contribution in [0.1, 0.15) is 40.5 Å². The van der Waals surface area contributed by atoms with Gasteiger partial charge in [0.05, 0.1) is 31.3 Å². The summed E-state index contributed by atoms with van der Waals surface area (Å²) in [6, 6.07) is 24.3. The number of methoxy groups -OCH3 is 2. The quantitative estimate of drug-likeness (QED) is 0.267. The Hall–Kier alpha value is -4.04. The first kappa shape index (κ1) is 25.2. The van der Waals surface area contributed by atoms with Crippen LogP contribution < -0.4 is 14.4 Å². The van der Waals surface area contributed by atoms with Crippen LogP contribution in [0.5, 0.6) is 11.5 Å². The zero-order valence-electron chi connectivity index (χ0n) is 21.7. The van der Waals surface area contributed by atoms with Crippen LogP contribution in [0.25, 0.3) is 5.69 Å². The standard InChI is InChI=1S/C31H28BrN3O4/c1-38-23-14-15-28(39-2)24(18-23)30-27-11-6-16-33(27)25-9-3-4-10-26(25)35(30)29(36)19-34(22-12-13-22)31(37)20-7-5-8-21(32)17-20/h3-11,14-18,22,30H,12-13,19H2,1-2H3. The maximum Gasteiger partial charge on any atom is 0.254 e. The second-order valence-corrected chi connectivity index (χ2v) is 10.7. The van der Waals surface area contributed by atoms with Gasteiger partial charge >= 0.3 is 0 Å². The highest BCUT2D eigenvalue weighted by molar-refractivity contribution is 9.10. The number of benzene rings is 3. The van der Waals surface area contributed by atoms with Gasteiger partial charge in [-0.15, -0.1) is 0 Å². The fourth-order valence-corrected chi connectivity index (χ4v) is 5.77. The van der Waals surface area contributed by atoms with Crippen LogP contribution >= 0.6 is 15.9 Å². The summed E-state index contributed by atoms with van der Waals surface area (Å²) in [4.78, 5) is 31.6. The van der Waals surface area contributed by atoms with Gasteiger partial charge in [-0.1, -0.05) is 34.1 Å². The van der Waals surface area contributed by atoms with Crippen molar-refractivity contribution in [1.82, 2.24) is 9.47 Å². The number of ether oxygens (including phenoxy) is 2. The molecular weight excluding hydrogens is 558 g/mol. The third-order valence-electron chi connectivity index (χ3n) is 7.35. The van der Waals surface area contributed by atoms with Crippen molar-refractivity contribution >= 4 is 33.4 Å². The molecule has 2 aliphatic rings. The minimum Gasteiger partial charge on any atom is -0.497 e. The molecule has 39 heavy (non-hydrogen) atoms. The average Bonchev–Trinajstić information content (AvgIpc) is 3.69. The first-order valence-electron chi connectivity index (χ1n) is 12.9. The second-order valence-electron chi connectivity index (χ2n) is 9.74. The van der Waals surface area contributed by atoms with E-state index in [1.807, 2.05) is 77.8 Å². The molecule has 4 aromatic rings. The van der Waals surface area contributed by atoms with E-state index in [2.05, 4.69) is 20.5 Å². The molecule has 3 aromatic carbocycles. The molecule has 7 nitrogen and oxygen atoms in total. The molecule has 1 unspecified atom stereocenters. The van der Waals surface area contributed by atoms with Crippen molar-refractivity contribution in [3.8, 4) is 17.2 Å². The summed E-state index contributed by atoms with van der Waals surface area (Å²) in [7, 11) is 3.24. The van der Waals surface area contributed by atoms with Gasteiger partial charge in [0.1, 0.15) is 24.1 Å². The number of nitrogens with zero attached hydrogens (tertiary/aromatic N) is 3. The first-order chi connectivity index (χ1) is 19.0. The van der Waals surface area contributed by atoms with Crippen molar-refractivity contribution < 1.29 is 19.1 Å². The highest BCUT2D eigenvalue weighted by Gasteiger charge is 2.41. The summed E-state index contributed by atoms with van der Waals surface area (Å²) < 4.78 is 14.3. The third-order valence-corrected chi connectivity index (χ3v) is 7.84. The monoisotopic (exact) mass is 585 g/mol. The summed E-state index contributed by atoms with van der Waals surface area (Å²) in [5, 5.41) is 0. The van der Waals surface area contributed by atoms with E-state index in [1.54, 1.807) is 31.3 Å². The van der Waals surface area contributed by atoms with Crippen LogP contribution in [0.15, 0.2) is 89.5 Å². The van der Waals surface area contributed by atoms with Crippen LogP contribution in [-0.2, 0) is 4.79 Å². The molecular formula is C31H28BrN3O4. The van der Waals surface area contributed by atoms with Crippen molar-refractivity contribution in [2.75, 3.05) is 25.7 Å². The molecule has 1 atom stereocenters. The number of hydrogen-bond acceptors (Lipinski definition) is 4. The summed E-state index contributed by atoms with van der Waals surface area (Å²) in [5.41, 5.74) is 3.95. The number of carbonyl (C=O) groups excluding carboxylic acids is 2. The van der Waals surface area contributed by atoms with Gasteiger partial charge in [-0.25, -0.2) is 0 Å². The van der Waals surface area contributed by atoms with Crippen LogP contribution in [-0.4, -0.2) is 48.1 Å². The molecule has 0 saturated heterocycles. The zero-order chi connectivity index (χ0) is 27.1. The van der Waals surface area contributed by atoms with Gasteiger partial charge in [0.2, 0.25) is 5.91 Å². The number of aromatic nitrogens is 1. The fourth-order valence-electron chi connectivity index (χ4n) is 5.37. The highest BCUT2D eigenvalue weighted by Crippen LogP contribution is 2.45. The summed E-state index contributed by atoms with van der Waals surface area (Å²) >= 11 is 3.46. The Bertz CT molecular complexity index is 1560. The molecule has 0 radical (unpaired) electrons. The van der Waals surface area contributed by atoms with Crippen molar-refractivity contribution in [3.63, 3.8) is 0 Å². The van der Waals surface area contributed by atoms with Gasteiger partial charge in [-0.05, 0) is 73.5 Å². The van der Waals surface area contributed by atoms with Gasteiger partial charge in [-0.2, -0.15) is 0 Å². The largest absolute Gasteiger partial charge is 0.497 e. The van der Waals surface area contributed by atoms with Crippen molar-refractivity contribution in [2.45, 2.75) is 24.9 Å². The lowest BCUT2D eigenvalue weighted by Crippen LogP contribution is -2.47. The maximum atomic E-state index is 14.4. The lowest BCUT2D eigenvalue weighted by atomic mass is 9.96. The van der Waals surface area contributed by atoms with Crippen molar-refractivity contribution in [2.24, 2.45) is 0 Å². The Morgan fingerprint density at radius 3 is 2.44 bits per heavy atom. The van der Waals surface area contributed by atoms with E-state index in [9.17, 15) is 9.59 Å². The third kappa shape index (κ3) is 4.59. The minimum atomic E-state index is -0.491. The second kappa shape index (κ2) is 10.3. The maximum absolute atomic E-state index is 14.4. The Morgan fingerprint density at radius 2 is 1.72 bits per heavy atom. The number of rotatable bonds is 7. The van der Waals surface area contributed by atoms with Crippen LogP contribution in [0, 0.1) is 0 Å². The fraction of sp³-hybridized carbons (Fsp3) is 0.226. The minimum absolute atomic E-state index is 0.0339.